The molecular formula is C22H29N3O3S2. The average molecular weight is 448 g/mol. The van der Waals surface area contributed by atoms with Gasteiger partial charge in [0.1, 0.15) is 11.3 Å². The van der Waals surface area contributed by atoms with Crippen molar-refractivity contribution >= 4 is 35.1 Å². The highest BCUT2D eigenvalue weighted by molar-refractivity contribution is 7.98. The first-order chi connectivity index (χ1) is 14.3. The molecule has 3 rings (SSSR count). The Bertz CT molecular complexity index is 884. The fourth-order valence-electron chi connectivity index (χ4n) is 3.33. The number of aromatic nitrogens is 1. The number of likely N-dealkylation sites (tertiary alicyclic amines) is 1. The molecule has 1 aromatic carbocycles. The standard InChI is InChI=1S/C22H29N3O3S2/c1-22(2,3)28-21(27)25-11-9-15(10-12-25)20-24-17(14-30-20)19(26)23-13-16-7-5-6-8-18(16)29-4/h5-8,14-15H,9-13H2,1-4H3,(H,23,26). The van der Waals surface area contributed by atoms with Crippen LogP contribution in [0.15, 0.2) is 34.5 Å². The number of benzene rings is 1. The zero-order valence-electron chi connectivity index (χ0n) is 17.9. The van der Waals surface area contributed by atoms with Crippen LogP contribution in [0, 0.1) is 0 Å². The summed E-state index contributed by atoms with van der Waals surface area (Å²) in [6.07, 6.45) is 3.43. The quantitative estimate of drug-likeness (QED) is 0.660. The van der Waals surface area contributed by atoms with Crippen molar-refractivity contribution in [1.29, 1.82) is 0 Å². The van der Waals surface area contributed by atoms with Gasteiger partial charge in [-0.25, -0.2) is 9.78 Å². The molecular weight excluding hydrogens is 418 g/mol. The van der Waals surface area contributed by atoms with Gasteiger partial charge in [0.2, 0.25) is 0 Å². The Hall–Kier alpha value is -2.06. The zero-order valence-corrected chi connectivity index (χ0v) is 19.6. The number of carbonyl (C=O) groups is 2. The summed E-state index contributed by atoms with van der Waals surface area (Å²) in [5, 5.41) is 5.76. The third-order valence-corrected chi connectivity index (χ3v) is 6.73. The summed E-state index contributed by atoms with van der Waals surface area (Å²) in [4.78, 5) is 32.3. The van der Waals surface area contributed by atoms with E-state index in [-0.39, 0.29) is 17.9 Å². The van der Waals surface area contributed by atoms with E-state index in [1.807, 2.05) is 50.6 Å². The predicted octanol–water partition coefficient (Wildman–Crippen LogP) is 4.91. The summed E-state index contributed by atoms with van der Waals surface area (Å²) >= 11 is 3.19. The molecule has 1 saturated heterocycles. The van der Waals surface area contributed by atoms with Crippen molar-refractivity contribution in [2.24, 2.45) is 0 Å². The first kappa shape index (κ1) is 22.6. The molecule has 1 aromatic heterocycles. The van der Waals surface area contributed by atoms with E-state index in [2.05, 4.69) is 16.4 Å². The van der Waals surface area contributed by atoms with Gasteiger partial charge in [-0.2, -0.15) is 0 Å². The van der Waals surface area contributed by atoms with Crippen molar-refractivity contribution in [1.82, 2.24) is 15.2 Å². The molecule has 0 bridgehead atoms. The molecule has 0 aliphatic carbocycles. The van der Waals surface area contributed by atoms with Crippen molar-refractivity contribution < 1.29 is 14.3 Å². The van der Waals surface area contributed by atoms with Crippen molar-refractivity contribution in [3.8, 4) is 0 Å². The number of nitrogens with zero attached hydrogens (tertiary/aromatic N) is 2. The molecule has 8 heteroatoms. The number of ether oxygens (including phenoxy) is 1. The third kappa shape index (κ3) is 5.98. The average Bonchev–Trinajstić information content (AvgIpc) is 3.21. The van der Waals surface area contributed by atoms with Gasteiger partial charge in [-0.3, -0.25) is 4.79 Å². The van der Waals surface area contributed by atoms with Crippen LogP contribution in [-0.4, -0.2) is 46.8 Å². The predicted molar refractivity (Wildman–Crippen MR) is 121 cm³/mol. The maximum atomic E-state index is 12.5. The van der Waals surface area contributed by atoms with Gasteiger partial charge < -0.3 is 15.0 Å². The Balaban J connectivity index is 1.52. The maximum absolute atomic E-state index is 12.5. The number of carbonyl (C=O) groups excluding carboxylic acids is 2. The number of nitrogens with one attached hydrogen (secondary N) is 1. The van der Waals surface area contributed by atoms with Gasteiger partial charge in [-0.15, -0.1) is 23.1 Å². The zero-order chi connectivity index (χ0) is 21.7. The Morgan fingerprint density at radius 1 is 1.27 bits per heavy atom. The van der Waals surface area contributed by atoms with Crippen LogP contribution in [0.25, 0.3) is 0 Å². The van der Waals surface area contributed by atoms with Gasteiger partial charge in [0.15, 0.2) is 0 Å². The normalized spacial score (nSPS) is 15.1. The van der Waals surface area contributed by atoms with Crippen molar-refractivity contribution in [3.63, 3.8) is 0 Å². The molecule has 30 heavy (non-hydrogen) atoms. The SMILES string of the molecule is CSc1ccccc1CNC(=O)c1csc(C2CCN(C(=O)OC(C)(C)C)CC2)n1. The van der Waals surface area contributed by atoms with E-state index in [1.54, 1.807) is 16.7 Å². The smallest absolute Gasteiger partial charge is 0.410 e. The lowest BCUT2D eigenvalue weighted by Crippen LogP contribution is -2.41. The van der Waals surface area contributed by atoms with E-state index in [0.29, 0.717) is 25.3 Å². The molecule has 0 saturated carbocycles. The summed E-state index contributed by atoms with van der Waals surface area (Å²) in [6, 6.07) is 8.05. The van der Waals surface area contributed by atoms with Gasteiger partial charge in [-0.1, -0.05) is 18.2 Å². The summed E-state index contributed by atoms with van der Waals surface area (Å²) in [5.41, 5.74) is 1.08. The number of hydrogen-bond acceptors (Lipinski definition) is 6. The summed E-state index contributed by atoms with van der Waals surface area (Å²) < 4.78 is 5.45. The van der Waals surface area contributed by atoms with Gasteiger partial charge in [-0.05, 0) is 51.5 Å². The second-order valence-electron chi connectivity index (χ2n) is 8.31. The summed E-state index contributed by atoms with van der Waals surface area (Å²) in [6.45, 7) is 7.40. The van der Waals surface area contributed by atoms with Crippen LogP contribution >= 0.6 is 23.1 Å². The molecule has 2 amide bonds. The Morgan fingerprint density at radius 2 is 1.97 bits per heavy atom. The van der Waals surface area contributed by atoms with E-state index in [1.165, 1.54) is 11.3 Å². The van der Waals surface area contributed by atoms with Gasteiger partial charge in [0.05, 0.1) is 5.01 Å². The monoisotopic (exact) mass is 447 g/mol. The first-order valence-electron chi connectivity index (χ1n) is 10.1. The summed E-state index contributed by atoms with van der Waals surface area (Å²) in [5.74, 6) is 0.118. The van der Waals surface area contributed by atoms with Crippen molar-refractivity contribution in [2.45, 2.75) is 56.6 Å². The van der Waals surface area contributed by atoms with Gasteiger partial charge >= 0.3 is 6.09 Å². The number of piperidine rings is 1. The highest BCUT2D eigenvalue weighted by atomic mass is 32.2. The molecule has 1 aliphatic heterocycles. The molecule has 162 valence electrons. The van der Waals surface area contributed by atoms with Gasteiger partial charge in [0.25, 0.3) is 5.91 Å². The van der Waals surface area contributed by atoms with Crippen LogP contribution in [0.1, 0.15) is 60.6 Å². The first-order valence-corrected chi connectivity index (χ1v) is 12.2. The molecule has 0 unspecified atom stereocenters. The van der Waals surface area contributed by atoms with Crippen molar-refractivity contribution in [3.05, 3.63) is 45.9 Å². The van der Waals surface area contributed by atoms with Crippen LogP contribution in [0.4, 0.5) is 4.79 Å². The van der Waals surface area contributed by atoms with Crippen LogP contribution < -0.4 is 5.32 Å². The number of hydrogen-bond donors (Lipinski definition) is 1. The fourth-order valence-corrected chi connectivity index (χ4v) is 4.92. The van der Waals surface area contributed by atoms with Crippen LogP contribution in [0.2, 0.25) is 0 Å². The fraction of sp³-hybridized carbons (Fsp3) is 0.500. The van der Waals surface area contributed by atoms with Crippen molar-refractivity contribution in [2.75, 3.05) is 19.3 Å². The molecule has 2 aromatic rings. The van der Waals surface area contributed by atoms with Crippen LogP contribution in [0.5, 0.6) is 0 Å². The molecule has 0 radical (unpaired) electrons. The highest BCUT2D eigenvalue weighted by Gasteiger charge is 2.29. The molecule has 2 heterocycles. The molecule has 1 aliphatic rings. The molecule has 1 N–H and O–H groups in total. The Morgan fingerprint density at radius 3 is 2.63 bits per heavy atom. The van der Waals surface area contributed by atoms with E-state index >= 15 is 0 Å². The second-order valence-corrected chi connectivity index (χ2v) is 10.0. The summed E-state index contributed by atoms with van der Waals surface area (Å²) in [7, 11) is 0. The largest absolute Gasteiger partial charge is 0.444 e. The maximum Gasteiger partial charge on any atom is 0.410 e. The molecule has 0 spiro atoms. The minimum absolute atomic E-state index is 0.153. The number of rotatable bonds is 5. The topological polar surface area (TPSA) is 71.5 Å². The third-order valence-electron chi connectivity index (χ3n) is 4.88. The van der Waals surface area contributed by atoms with Gasteiger partial charge in [0, 0.05) is 35.8 Å². The lowest BCUT2D eigenvalue weighted by molar-refractivity contribution is 0.0205. The van der Waals surface area contributed by atoms with Crippen LogP contribution in [-0.2, 0) is 11.3 Å². The second kappa shape index (κ2) is 9.83. The van der Waals surface area contributed by atoms with E-state index < -0.39 is 5.60 Å². The number of thioether (sulfide) groups is 1. The van der Waals surface area contributed by atoms with E-state index in [4.69, 9.17) is 4.74 Å². The molecule has 1 fully saturated rings. The highest BCUT2D eigenvalue weighted by Crippen LogP contribution is 2.31. The Labute approximate surface area is 186 Å². The van der Waals surface area contributed by atoms with Crippen LogP contribution in [0.3, 0.4) is 0 Å². The minimum atomic E-state index is -0.484. The Kier molecular flexibility index (Phi) is 7.41. The lowest BCUT2D eigenvalue weighted by atomic mass is 9.98. The van der Waals surface area contributed by atoms with E-state index in [0.717, 1.165) is 28.3 Å². The van der Waals surface area contributed by atoms with E-state index in [9.17, 15) is 9.59 Å². The minimum Gasteiger partial charge on any atom is -0.444 e. The molecule has 6 nitrogen and oxygen atoms in total. The number of amides is 2. The number of thiazole rings is 1. The lowest BCUT2D eigenvalue weighted by Gasteiger charge is -2.32. The molecule has 0 atom stereocenters.